The van der Waals surface area contributed by atoms with E-state index < -0.39 is 110 Å². The Morgan fingerprint density at radius 1 is 0.674 bits per heavy atom. The number of nitrogens with one attached hydrogen (secondary N) is 2. The number of amides is 2. The predicted molar refractivity (Wildman–Crippen MR) is 113 cm³/mol. The monoisotopic (exact) mass is 674 g/mol. The second-order valence-corrected chi connectivity index (χ2v) is 10.5. The first kappa shape index (κ1) is 40.4. The van der Waals surface area contributed by atoms with Crippen LogP contribution in [0.3, 0.4) is 0 Å². The average Bonchev–Trinajstić information content (AvgIpc) is 2.76. The summed E-state index contributed by atoms with van der Waals surface area (Å²) in [6.45, 7) is 1.34. The van der Waals surface area contributed by atoms with E-state index in [0.29, 0.717) is 13.8 Å². The summed E-state index contributed by atoms with van der Waals surface area (Å²) >= 11 is 0. The largest absolute Gasteiger partial charge is 0.465 e. The molecule has 1 unspecified atom stereocenters. The fourth-order valence-corrected chi connectivity index (χ4v) is 4.34. The fraction of sp³-hybridized carbons (Fsp3) is 0.905. The topological polar surface area (TPSA) is 98.7 Å². The Labute approximate surface area is 232 Å². The van der Waals surface area contributed by atoms with Crippen molar-refractivity contribution in [2.45, 2.75) is 100 Å². The van der Waals surface area contributed by atoms with Gasteiger partial charge in [-0.1, -0.05) is 20.8 Å². The molecule has 256 valence electrons. The van der Waals surface area contributed by atoms with Crippen LogP contribution in [-0.4, -0.2) is 82.9 Å². The van der Waals surface area contributed by atoms with Crippen LogP contribution in [0.2, 0.25) is 0 Å². The smallest absolute Gasteiger partial charge is 0.405 e. The Morgan fingerprint density at radius 2 is 1.02 bits per heavy atom. The molecule has 43 heavy (non-hydrogen) atoms. The summed E-state index contributed by atoms with van der Waals surface area (Å²) in [7, 11) is 0. The Balaban J connectivity index is 7.42. The summed E-state index contributed by atoms with van der Waals surface area (Å²) in [6.07, 6.45) is -24.0. The molecule has 6 nitrogen and oxygen atoms in total. The number of rotatable bonds is 17. The molecule has 0 aromatic heterocycles. The normalized spacial score (nSPS) is 15.6. The van der Waals surface area contributed by atoms with Gasteiger partial charge in [-0.3, -0.25) is 0 Å². The van der Waals surface area contributed by atoms with Crippen LogP contribution in [0.1, 0.15) is 46.5 Å². The number of halogens is 16. The minimum absolute atomic E-state index is 0.406. The molecule has 0 rings (SSSR count). The van der Waals surface area contributed by atoms with Crippen molar-refractivity contribution < 1.29 is 90.0 Å². The highest BCUT2D eigenvalue weighted by molar-refractivity contribution is 5.66. The molecule has 0 aromatic rings. The highest BCUT2D eigenvalue weighted by atomic mass is 19.4. The van der Waals surface area contributed by atoms with Gasteiger partial charge in [0.2, 0.25) is 0 Å². The molecule has 1 atom stereocenters. The maximum atomic E-state index is 14.8. The molecule has 2 amide bonds. The van der Waals surface area contributed by atoms with E-state index in [4.69, 9.17) is 10.2 Å². The van der Waals surface area contributed by atoms with E-state index in [2.05, 4.69) is 0 Å². The maximum Gasteiger partial charge on any atom is 0.405 e. The maximum absolute atomic E-state index is 14.8. The van der Waals surface area contributed by atoms with E-state index >= 15 is 0 Å². The number of hydrogen-bond donors (Lipinski definition) is 4. The van der Waals surface area contributed by atoms with Crippen LogP contribution in [0.25, 0.3) is 0 Å². The van der Waals surface area contributed by atoms with Crippen LogP contribution in [0.5, 0.6) is 0 Å². The molecule has 0 spiro atoms. The SMILES string of the molecule is CC(CCNC(=O)O)CC(C)(C)C(CC(F)(F)C(F)(F)C(F)(F)C(F)F)(CC(F)(F)C(F)(F)C(F)(F)C(F)F)NC(=O)O. The van der Waals surface area contributed by atoms with Gasteiger partial charge < -0.3 is 20.8 Å². The van der Waals surface area contributed by atoms with Gasteiger partial charge in [0.25, 0.3) is 0 Å². The lowest BCUT2D eigenvalue weighted by Gasteiger charge is -2.52. The van der Waals surface area contributed by atoms with Crippen molar-refractivity contribution in [2.75, 3.05) is 6.54 Å². The molecule has 0 radical (unpaired) electrons. The summed E-state index contributed by atoms with van der Waals surface area (Å²) < 4.78 is 220. The van der Waals surface area contributed by atoms with Gasteiger partial charge in [0.05, 0.1) is 5.54 Å². The molecule has 22 heteroatoms. The van der Waals surface area contributed by atoms with E-state index in [-0.39, 0.29) is 0 Å². The van der Waals surface area contributed by atoms with Gasteiger partial charge in [-0.2, -0.15) is 52.7 Å². The van der Waals surface area contributed by atoms with E-state index in [0.717, 1.165) is 12.2 Å². The van der Waals surface area contributed by atoms with Crippen molar-refractivity contribution in [3.05, 3.63) is 0 Å². The fourth-order valence-electron chi connectivity index (χ4n) is 4.34. The van der Waals surface area contributed by atoms with Gasteiger partial charge >= 0.3 is 60.6 Å². The van der Waals surface area contributed by atoms with Gasteiger partial charge in [0.1, 0.15) is 0 Å². The Hall–Kier alpha value is -2.58. The molecule has 0 aromatic carbocycles. The molecule has 0 aliphatic rings. The molecule has 0 saturated carbocycles. The number of alkyl halides is 16. The molecule has 0 fully saturated rings. The van der Waals surface area contributed by atoms with Crippen LogP contribution >= 0.6 is 0 Å². The lowest BCUT2D eigenvalue weighted by Crippen LogP contribution is -2.69. The number of hydrogen-bond acceptors (Lipinski definition) is 2. The minimum atomic E-state index is -7.24. The summed E-state index contributed by atoms with van der Waals surface area (Å²) in [5, 5.41) is 20.2. The molecular weight excluding hydrogens is 648 g/mol. The minimum Gasteiger partial charge on any atom is -0.465 e. The van der Waals surface area contributed by atoms with Crippen molar-refractivity contribution in [2.24, 2.45) is 11.3 Å². The molecule has 0 aliphatic heterocycles. The van der Waals surface area contributed by atoms with Crippen molar-refractivity contribution in [3.63, 3.8) is 0 Å². The highest BCUT2D eigenvalue weighted by Gasteiger charge is 2.80. The van der Waals surface area contributed by atoms with Crippen LogP contribution in [-0.2, 0) is 0 Å². The van der Waals surface area contributed by atoms with Gasteiger partial charge in [-0.05, 0) is 24.2 Å². The van der Waals surface area contributed by atoms with Gasteiger partial charge in [0, 0.05) is 19.4 Å². The Morgan fingerprint density at radius 3 is 1.30 bits per heavy atom. The lowest BCUT2D eigenvalue weighted by atomic mass is 9.61. The van der Waals surface area contributed by atoms with Crippen molar-refractivity contribution in [3.8, 4) is 0 Å². The van der Waals surface area contributed by atoms with Crippen LogP contribution in [0.4, 0.5) is 79.8 Å². The van der Waals surface area contributed by atoms with E-state index in [1.165, 1.54) is 0 Å². The number of carboxylic acid groups (broad SMARTS) is 2. The van der Waals surface area contributed by atoms with Crippen LogP contribution in [0, 0.1) is 11.3 Å². The van der Waals surface area contributed by atoms with Crippen molar-refractivity contribution in [1.29, 1.82) is 0 Å². The summed E-state index contributed by atoms with van der Waals surface area (Å²) in [5.74, 6) is -43.0. The third kappa shape index (κ3) is 8.13. The van der Waals surface area contributed by atoms with Gasteiger partial charge in [-0.15, -0.1) is 0 Å². The molecule has 0 bridgehead atoms. The van der Waals surface area contributed by atoms with Gasteiger partial charge in [-0.25, -0.2) is 27.2 Å². The average molecular weight is 674 g/mol. The van der Waals surface area contributed by atoms with Crippen LogP contribution in [0.15, 0.2) is 0 Å². The zero-order valence-electron chi connectivity index (χ0n) is 22.0. The lowest BCUT2D eigenvalue weighted by molar-refractivity contribution is -0.354. The first-order valence-corrected chi connectivity index (χ1v) is 11.6. The molecular formula is C21H26F16N2O4. The first-order valence-electron chi connectivity index (χ1n) is 11.6. The van der Waals surface area contributed by atoms with E-state index in [1.54, 1.807) is 5.32 Å². The molecule has 0 heterocycles. The number of carbonyl (C=O) groups is 2. The second-order valence-electron chi connectivity index (χ2n) is 10.5. The molecule has 0 saturated heterocycles. The van der Waals surface area contributed by atoms with E-state index in [1.807, 2.05) is 0 Å². The Kier molecular flexibility index (Phi) is 12.0. The zero-order chi connectivity index (χ0) is 34.8. The summed E-state index contributed by atoms with van der Waals surface area (Å²) in [4.78, 5) is 22.1. The summed E-state index contributed by atoms with van der Waals surface area (Å²) in [5.41, 5.74) is -7.29. The summed E-state index contributed by atoms with van der Waals surface area (Å²) in [6, 6.07) is 0. The van der Waals surface area contributed by atoms with Gasteiger partial charge in [0.15, 0.2) is 0 Å². The quantitative estimate of drug-likeness (QED) is 0.118. The third-order valence-corrected chi connectivity index (χ3v) is 6.77. The third-order valence-electron chi connectivity index (χ3n) is 6.77. The second kappa shape index (κ2) is 12.8. The zero-order valence-corrected chi connectivity index (χ0v) is 22.0. The highest BCUT2D eigenvalue weighted by Crippen LogP contribution is 2.59. The van der Waals surface area contributed by atoms with Crippen molar-refractivity contribution >= 4 is 12.2 Å². The molecule has 0 aliphatic carbocycles. The predicted octanol–water partition coefficient (Wildman–Crippen LogP) is 7.83. The van der Waals surface area contributed by atoms with E-state index in [9.17, 15) is 79.8 Å². The standard InChI is InChI=1S/C21H26F16N2O4/c1-9(4-5-38-12(40)41)6-14(2,3)15(39-13(42)43,7-16(26,27)20(34,35)18(30,31)10(22)23)8-17(28,29)21(36,37)19(32,33)11(24)25/h9-11,38-39H,4-8H2,1-3H3,(H,40,41)(H,42,43). The first-order chi connectivity index (χ1) is 18.8. The van der Waals surface area contributed by atoms with Crippen LogP contribution < -0.4 is 10.6 Å². The molecule has 4 N–H and O–H groups in total. The Bertz CT molecular complexity index is 929. The van der Waals surface area contributed by atoms with Crippen molar-refractivity contribution in [1.82, 2.24) is 10.6 Å².